The number of rotatable bonds is 4. The van der Waals surface area contributed by atoms with E-state index in [1.54, 1.807) is 12.1 Å². The van der Waals surface area contributed by atoms with Crippen molar-refractivity contribution >= 4 is 11.7 Å². The minimum absolute atomic E-state index is 0.285. The average Bonchev–Trinajstić information content (AvgIpc) is 2.47. The highest BCUT2D eigenvalue weighted by Crippen LogP contribution is 2.24. The molecular formula is C19H23FN2O. The number of urea groups is 1. The standard InChI is InChI=1S/C19H23FN2O/c1-13(2)16-7-5-6-8-17(16)21-18(23)22-19(3,4)14-9-11-15(20)12-10-14/h5-13H,1-4H3,(H2,21,22,23). The van der Waals surface area contributed by atoms with Gasteiger partial charge in [0.2, 0.25) is 0 Å². The van der Waals surface area contributed by atoms with Gasteiger partial charge in [0.1, 0.15) is 5.82 Å². The van der Waals surface area contributed by atoms with Crippen molar-refractivity contribution in [3.05, 3.63) is 65.5 Å². The second-order valence-electron chi connectivity index (χ2n) is 6.45. The van der Waals surface area contributed by atoms with Crippen LogP contribution < -0.4 is 10.6 Å². The summed E-state index contributed by atoms with van der Waals surface area (Å²) in [6.07, 6.45) is 0. The van der Waals surface area contributed by atoms with Gasteiger partial charge in [-0.05, 0) is 49.1 Å². The molecule has 0 spiro atoms. The highest BCUT2D eigenvalue weighted by Gasteiger charge is 2.23. The molecule has 2 amide bonds. The Balaban J connectivity index is 2.11. The van der Waals surface area contributed by atoms with Crippen LogP contribution in [-0.4, -0.2) is 6.03 Å². The predicted octanol–water partition coefficient (Wildman–Crippen LogP) is 5.01. The Kier molecular flexibility index (Phi) is 5.04. The summed E-state index contributed by atoms with van der Waals surface area (Å²) < 4.78 is 13.0. The summed E-state index contributed by atoms with van der Waals surface area (Å²) in [7, 11) is 0. The van der Waals surface area contributed by atoms with Crippen LogP contribution in [-0.2, 0) is 5.54 Å². The zero-order valence-electron chi connectivity index (χ0n) is 14.0. The molecule has 0 radical (unpaired) electrons. The van der Waals surface area contributed by atoms with Crippen LogP contribution in [0.3, 0.4) is 0 Å². The van der Waals surface area contributed by atoms with Crippen molar-refractivity contribution in [2.45, 2.75) is 39.2 Å². The summed E-state index contributed by atoms with van der Waals surface area (Å²) >= 11 is 0. The first-order valence-corrected chi connectivity index (χ1v) is 7.74. The van der Waals surface area contributed by atoms with Gasteiger partial charge >= 0.3 is 6.03 Å². The molecule has 0 unspecified atom stereocenters. The Morgan fingerprint density at radius 1 is 1.04 bits per heavy atom. The number of hydrogen-bond acceptors (Lipinski definition) is 1. The van der Waals surface area contributed by atoms with Crippen LogP contribution >= 0.6 is 0 Å². The van der Waals surface area contributed by atoms with E-state index in [-0.39, 0.29) is 11.8 Å². The van der Waals surface area contributed by atoms with E-state index in [0.717, 1.165) is 16.8 Å². The van der Waals surface area contributed by atoms with Crippen LogP contribution in [0.5, 0.6) is 0 Å². The minimum atomic E-state index is -0.607. The Morgan fingerprint density at radius 2 is 1.65 bits per heavy atom. The molecule has 122 valence electrons. The minimum Gasteiger partial charge on any atom is -0.329 e. The number of anilines is 1. The summed E-state index contributed by atoms with van der Waals surface area (Å²) in [5, 5.41) is 5.84. The fourth-order valence-corrected chi connectivity index (χ4v) is 2.49. The summed E-state index contributed by atoms with van der Waals surface area (Å²) in [4.78, 5) is 12.3. The van der Waals surface area contributed by atoms with Crippen LogP contribution in [0.1, 0.15) is 44.7 Å². The highest BCUT2D eigenvalue weighted by atomic mass is 19.1. The SMILES string of the molecule is CC(C)c1ccccc1NC(=O)NC(C)(C)c1ccc(F)cc1. The third-order valence-electron chi connectivity index (χ3n) is 3.82. The van der Waals surface area contributed by atoms with E-state index in [9.17, 15) is 9.18 Å². The van der Waals surface area contributed by atoms with Crippen molar-refractivity contribution in [3.8, 4) is 0 Å². The number of para-hydroxylation sites is 1. The Bertz CT molecular complexity index is 678. The molecule has 2 aromatic rings. The molecule has 0 heterocycles. The van der Waals surface area contributed by atoms with Crippen molar-refractivity contribution in [3.63, 3.8) is 0 Å². The van der Waals surface area contributed by atoms with Crippen molar-refractivity contribution < 1.29 is 9.18 Å². The lowest BCUT2D eigenvalue weighted by Crippen LogP contribution is -2.43. The summed E-state index contributed by atoms with van der Waals surface area (Å²) in [5.41, 5.74) is 2.12. The quantitative estimate of drug-likeness (QED) is 0.818. The molecule has 0 atom stereocenters. The number of benzene rings is 2. The van der Waals surface area contributed by atoms with Gasteiger partial charge in [0, 0.05) is 5.69 Å². The van der Waals surface area contributed by atoms with Gasteiger partial charge in [-0.15, -0.1) is 0 Å². The molecule has 4 heteroatoms. The second-order valence-corrected chi connectivity index (χ2v) is 6.45. The zero-order valence-corrected chi connectivity index (χ0v) is 14.0. The van der Waals surface area contributed by atoms with Crippen molar-refractivity contribution in [2.24, 2.45) is 0 Å². The molecule has 23 heavy (non-hydrogen) atoms. The monoisotopic (exact) mass is 314 g/mol. The average molecular weight is 314 g/mol. The molecule has 0 aliphatic rings. The van der Waals surface area contributed by atoms with Gasteiger partial charge in [0.15, 0.2) is 0 Å². The van der Waals surface area contributed by atoms with Crippen LogP contribution in [0, 0.1) is 5.82 Å². The van der Waals surface area contributed by atoms with E-state index in [4.69, 9.17) is 0 Å². The normalized spacial score (nSPS) is 11.4. The number of carbonyl (C=O) groups excluding carboxylic acids is 1. The first-order chi connectivity index (χ1) is 10.8. The molecule has 0 saturated carbocycles. The van der Waals surface area contributed by atoms with E-state index in [0.29, 0.717) is 5.92 Å². The lowest BCUT2D eigenvalue weighted by Gasteiger charge is -2.27. The van der Waals surface area contributed by atoms with Gasteiger partial charge in [0.05, 0.1) is 5.54 Å². The fraction of sp³-hybridized carbons (Fsp3) is 0.316. The number of carbonyl (C=O) groups is 1. The maximum absolute atomic E-state index is 13.0. The van der Waals surface area contributed by atoms with E-state index >= 15 is 0 Å². The molecule has 0 aliphatic carbocycles. The van der Waals surface area contributed by atoms with Gasteiger partial charge < -0.3 is 10.6 Å². The third kappa shape index (κ3) is 4.31. The molecule has 2 aromatic carbocycles. The van der Waals surface area contributed by atoms with E-state index < -0.39 is 5.54 Å². The van der Waals surface area contributed by atoms with E-state index in [1.807, 2.05) is 38.1 Å². The summed E-state index contributed by atoms with van der Waals surface area (Å²) in [6.45, 7) is 7.93. The Labute approximate surface area is 136 Å². The molecule has 0 fully saturated rings. The highest BCUT2D eigenvalue weighted by molar-refractivity contribution is 5.90. The second kappa shape index (κ2) is 6.82. The van der Waals surface area contributed by atoms with Gasteiger partial charge in [-0.1, -0.05) is 44.2 Å². The molecule has 0 aliphatic heterocycles. The summed E-state index contributed by atoms with van der Waals surface area (Å²) in [6, 6.07) is 13.6. The fourth-order valence-electron chi connectivity index (χ4n) is 2.49. The zero-order chi connectivity index (χ0) is 17.0. The molecule has 3 nitrogen and oxygen atoms in total. The van der Waals surface area contributed by atoms with E-state index in [1.165, 1.54) is 12.1 Å². The molecular weight excluding hydrogens is 291 g/mol. The number of nitrogens with one attached hydrogen (secondary N) is 2. The number of hydrogen-bond donors (Lipinski definition) is 2. The summed E-state index contributed by atoms with van der Waals surface area (Å²) in [5.74, 6) is 0.0245. The Morgan fingerprint density at radius 3 is 2.26 bits per heavy atom. The maximum atomic E-state index is 13.0. The van der Waals surface area contributed by atoms with E-state index in [2.05, 4.69) is 24.5 Å². The van der Waals surface area contributed by atoms with Crippen LogP contribution in [0.25, 0.3) is 0 Å². The topological polar surface area (TPSA) is 41.1 Å². The first-order valence-electron chi connectivity index (χ1n) is 7.74. The van der Waals surface area contributed by atoms with Gasteiger partial charge in [-0.25, -0.2) is 9.18 Å². The van der Waals surface area contributed by atoms with Gasteiger partial charge in [-0.2, -0.15) is 0 Å². The molecule has 0 bridgehead atoms. The van der Waals surface area contributed by atoms with Crippen molar-refractivity contribution in [1.82, 2.24) is 5.32 Å². The third-order valence-corrected chi connectivity index (χ3v) is 3.82. The smallest absolute Gasteiger partial charge is 0.319 e. The van der Waals surface area contributed by atoms with Gasteiger partial charge in [-0.3, -0.25) is 0 Å². The van der Waals surface area contributed by atoms with Crippen LogP contribution in [0.15, 0.2) is 48.5 Å². The van der Waals surface area contributed by atoms with Crippen LogP contribution in [0.4, 0.5) is 14.9 Å². The lowest BCUT2D eigenvalue weighted by atomic mass is 9.94. The van der Waals surface area contributed by atoms with Gasteiger partial charge in [0.25, 0.3) is 0 Å². The van der Waals surface area contributed by atoms with Crippen molar-refractivity contribution in [1.29, 1.82) is 0 Å². The number of halogens is 1. The maximum Gasteiger partial charge on any atom is 0.319 e. The lowest BCUT2D eigenvalue weighted by molar-refractivity contribution is 0.242. The number of amides is 2. The Hall–Kier alpha value is -2.36. The first kappa shape index (κ1) is 17.0. The molecule has 2 N–H and O–H groups in total. The molecule has 2 rings (SSSR count). The largest absolute Gasteiger partial charge is 0.329 e. The predicted molar refractivity (Wildman–Crippen MR) is 92.1 cm³/mol. The molecule has 0 saturated heterocycles. The molecule has 0 aromatic heterocycles. The van der Waals surface area contributed by atoms with Crippen molar-refractivity contribution in [2.75, 3.05) is 5.32 Å². The van der Waals surface area contributed by atoms with Crippen LogP contribution in [0.2, 0.25) is 0 Å².